The monoisotopic (exact) mass is 255 g/mol. The molecule has 1 fully saturated rings. The molecule has 0 aromatic carbocycles. The molecule has 1 aliphatic carbocycles. The van der Waals surface area contributed by atoms with Crippen LogP contribution in [0.25, 0.3) is 0 Å². The Labute approximate surface area is 114 Å². The van der Waals surface area contributed by atoms with Crippen molar-refractivity contribution in [2.24, 2.45) is 17.3 Å². The quantitative estimate of drug-likeness (QED) is 0.805. The molecular formula is C16H33NO. The Morgan fingerprint density at radius 2 is 1.89 bits per heavy atom. The van der Waals surface area contributed by atoms with Gasteiger partial charge in [-0.3, -0.25) is 0 Å². The van der Waals surface area contributed by atoms with E-state index in [9.17, 15) is 0 Å². The molecule has 0 bridgehead atoms. The summed E-state index contributed by atoms with van der Waals surface area (Å²) in [5.74, 6) is 1.42. The van der Waals surface area contributed by atoms with Crippen molar-refractivity contribution >= 4 is 0 Å². The van der Waals surface area contributed by atoms with E-state index >= 15 is 0 Å². The van der Waals surface area contributed by atoms with Crippen molar-refractivity contribution in [1.82, 2.24) is 5.32 Å². The van der Waals surface area contributed by atoms with Crippen LogP contribution in [0.1, 0.15) is 60.8 Å². The molecule has 0 aliphatic heterocycles. The molecule has 1 saturated carbocycles. The van der Waals surface area contributed by atoms with Gasteiger partial charge in [-0.2, -0.15) is 0 Å². The second kappa shape index (κ2) is 6.91. The van der Waals surface area contributed by atoms with Gasteiger partial charge in [0.15, 0.2) is 0 Å². The summed E-state index contributed by atoms with van der Waals surface area (Å²) in [6.45, 7) is 15.7. The third kappa shape index (κ3) is 4.89. The van der Waals surface area contributed by atoms with E-state index in [0.29, 0.717) is 23.5 Å². The minimum absolute atomic E-state index is 0.408. The van der Waals surface area contributed by atoms with Gasteiger partial charge >= 0.3 is 0 Å². The summed E-state index contributed by atoms with van der Waals surface area (Å²) in [6, 6.07) is 0.562. The maximum absolute atomic E-state index is 6.17. The molecule has 108 valence electrons. The van der Waals surface area contributed by atoms with Gasteiger partial charge in [0.1, 0.15) is 0 Å². The van der Waals surface area contributed by atoms with E-state index in [-0.39, 0.29) is 0 Å². The van der Waals surface area contributed by atoms with Crippen LogP contribution in [0.15, 0.2) is 0 Å². The first-order valence-corrected chi connectivity index (χ1v) is 7.69. The fourth-order valence-electron chi connectivity index (χ4n) is 2.91. The fraction of sp³-hybridized carbons (Fsp3) is 1.00. The number of ether oxygens (including phenoxy) is 1. The molecule has 2 nitrogen and oxygen atoms in total. The normalized spacial score (nSPS) is 29.8. The zero-order valence-electron chi connectivity index (χ0n) is 13.3. The van der Waals surface area contributed by atoms with Gasteiger partial charge in [-0.25, -0.2) is 0 Å². The van der Waals surface area contributed by atoms with Gasteiger partial charge in [0.2, 0.25) is 0 Å². The van der Waals surface area contributed by atoms with Crippen LogP contribution in [0.2, 0.25) is 0 Å². The average molecular weight is 255 g/mol. The second-order valence-electron chi connectivity index (χ2n) is 7.31. The standard InChI is InChI=1S/C16H33NO/c1-7-17-14-9-8-13(16(4,5)6)10-15(14)18-11-12(2)3/h12-15,17H,7-11H2,1-6H3. The Morgan fingerprint density at radius 1 is 1.22 bits per heavy atom. The lowest BCUT2D eigenvalue weighted by molar-refractivity contribution is -0.0367. The van der Waals surface area contributed by atoms with Crippen molar-refractivity contribution in [1.29, 1.82) is 0 Å². The lowest BCUT2D eigenvalue weighted by atomic mass is 9.70. The Kier molecular flexibility index (Phi) is 6.13. The molecule has 0 amide bonds. The Balaban J connectivity index is 2.58. The summed E-state index contributed by atoms with van der Waals surface area (Å²) in [4.78, 5) is 0. The van der Waals surface area contributed by atoms with Crippen molar-refractivity contribution in [2.45, 2.75) is 73.0 Å². The average Bonchev–Trinajstić information content (AvgIpc) is 2.26. The molecule has 1 rings (SSSR count). The van der Waals surface area contributed by atoms with Gasteiger partial charge in [-0.1, -0.05) is 41.5 Å². The van der Waals surface area contributed by atoms with Gasteiger partial charge in [-0.15, -0.1) is 0 Å². The SMILES string of the molecule is CCNC1CCC(C(C)(C)C)CC1OCC(C)C. The van der Waals surface area contributed by atoms with E-state index in [1.54, 1.807) is 0 Å². The summed E-state index contributed by atoms with van der Waals surface area (Å²) < 4.78 is 6.17. The summed E-state index contributed by atoms with van der Waals surface area (Å²) >= 11 is 0. The highest BCUT2D eigenvalue weighted by molar-refractivity contribution is 4.89. The highest BCUT2D eigenvalue weighted by atomic mass is 16.5. The van der Waals surface area contributed by atoms with Crippen LogP contribution < -0.4 is 5.32 Å². The predicted molar refractivity (Wildman–Crippen MR) is 78.8 cm³/mol. The molecular weight excluding hydrogens is 222 g/mol. The smallest absolute Gasteiger partial charge is 0.0730 e. The van der Waals surface area contributed by atoms with Crippen LogP contribution in [0, 0.1) is 17.3 Å². The lowest BCUT2D eigenvalue weighted by Crippen LogP contribution is -2.47. The Hall–Kier alpha value is -0.0800. The first-order chi connectivity index (χ1) is 8.34. The van der Waals surface area contributed by atoms with Gasteiger partial charge < -0.3 is 10.1 Å². The molecule has 3 atom stereocenters. The summed E-state index contributed by atoms with van der Waals surface area (Å²) in [5, 5.41) is 3.61. The summed E-state index contributed by atoms with van der Waals surface area (Å²) in [6.07, 6.45) is 4.22. The second-order valence-corrected chi connectivity index (χ2v) is 7.31. The molecule has 0 aromatic heterocycles. The zero-order valence-corrected chi connectivity index (χ0v) is 13.3. The van der Waals surface area contributed by atoms with Crippen molar-refractivity contribution in [2.75, 3.05) is 13.2 Å². The van der Waals surface area contributed by atoms with E-state index in [2.05, 4.69) is 46.9 Å². The van der Waals surface area contributed by atoms with Gasteiger partial charge in [-0.05, 0) is 43.1 Å². The van der Waals surface area contributed by atoms with Gasteiger partial charge in [0.25, 0.3) is 0 Å². The number of hydrogen-bond donors (Lipinski definition) is 1. The van der Waals surface area contributed by atoms with E-state index in [1.807, 2.05) is 0 Å². The van der Waals surface area contributed by atoms with Gasteiger partial charge in [0, 0.05) is 12.6 Å². The minimum Gasteiger partial charge on any atom is -0.376 e. The number of nitrogens with one attached hydrogen (secondary N) is 1. The lowest BCUT2D eigenvalue weighted by Gasteiger charge is -2.42. The molecule has 18 heavy (non-hydrogen) atoms. The first-order valence-electron chi connectivity index (χ1n) is 7.69. The summed E-state index contributed by atoms with van der Waals surface area (Å²) in [7, 11) is 0. The molecule has 1 aliphatic rings. The first kappa shape index (κ1) is 16.0. The van der Waals surface area contributed by atoms with Crippen molar-refractivity contribution in [3.63, 3.8) is 0 Å². The Morgan fingerprint density at radius 3 is 2.39 bits per heavy atom. The summed E-state index contributed by atoms with van der Waals surface area (Å²) in [5.41, 5.74) is 0.413. The maximum Gasteiger partial charge on any atom is 0.0730 e. The molecule has 0 radical (unpaired) electrons. The van der Waals surface area contributed by atoms with E-state index in [0.717, 1.165) is 19.1 Å². The molecule has 0 heterocycles. The number of hydrogen-bond acceptors (Lipinski definition) is 2. The van der Waals surface area contributed by atoms with Crippen molar-refractivity contribution < 1.29 is 4.74 Å². The van der Waals surface area contributed by atoms with Crippen LogP contribution in [0.4, 0.5) is 0 Å². The van der Waals surface area contributed by atoms with E-state index in [4.69, 9.17) is 4.74 Å². The largest absolute Gasteiger partial charge is 0.376 e. The molecule has 0 aromatic rings. The van der Waals surface area contributed by atoms with Crippen LogP contribution in [0.5, 0.6) is 0 Å². The van der Waals surface area contributed by atoms with E-state index < -0.39 is 0 Å². The van der Waals surface area contributed by atoms with Crippen LogP contribution in [-0.4, -0.2) is 25.3 Å². The molecule has 2 heteroatoms. The number of rotatable bonds is 5. The highest BCUT2D eigenvalue weighted by Crippen LogP contribution is 2.38. The highest BCUT2D eigenvalue weighted by Gasteiger charge is 2.36. The number of likely N-dealkylation sites (N-methyl/N-ethyl adjacent to an activating group) is 1. The van der Waals surface area contributed by atoms with Crippen LogP contribution in [-0.2, 0) is 4.74 Å². The van der Waals surface area contributed by atoms with Crippen molar-refractivity contribution in [3.05, 3.63) is 0 Å². The molecule has 1 N–H and O–H groups in total. The van der Waals surface area contributed by atoms with Crippen LogP contribution >= 0.6 is 0 Å². The zero-order chi connectivity index (χ0) is 13.8. The molecule has 3 unspecified atom stereocenters. The van der Waals surface area contributed by atoms with Crippen LogP contribution in [0.3, 0.4) is 0 Å². The fourth-order valence-corrected chi connectivity index (χ4v) is 2.91. The topological polar surface area (TPSA) is 21.3 Å². The van der Waals surface area contributed by atoms with Gasteiger partial charge in [0.05, 0.1) is 6.10 Å². The van der Waals surface area contributed by atoms with E-state index in [1.165, 1.54) is 19.3 Å². The minimum atomic E-state index is 0.408. The molecule has 0 spiro atoms. The third-order valence-electron chi connectivity index (χ3n) is 4.13. The van der Waals surface area contributed by atoms with Crippen molar-refractivity contribution in [3.8, 4) is 0 Å². The maximum atomic E-state index is 6.17. The predicted octanol–water partition coefficient (Wildman–Crippen LogP) is 3.85. The molecule has 0 saturated heterocycles. The Bertz CT molecular complexity index is 232. The third-order valence-corrected chi connectivity index (χ3v) is 4.13.